The van der Waals surface area contributed by atoms with Crippen LogP contribution in [0.1, 0.15) is 25.5 Å². The predicted octanol–water partition coefficient (Wildman–Crippen LogP) is -0.509. The van der Waals surface area contributed by atoms with E-state index in [2.05, 4.69) is 9.97 Å². The Morgan fingerprint density at radius 1 is 1.50 bits per heavy atom. The first-order chi connectivity index (χ1) is 10.5. The van der Waals surface area contributed by atoms with Crippen molar-refractivity contribution < 1.29 is 15.3 Å². The standard InChI is InChI=1S/C16H20N4O2/c1-16(14(21)12-3-2-8-22-12)9-10(4-5-13(16)17)11-6-7-19-15(18)20-11/h4-7,9,12,14,17,21H,2-3,8H2,1H3,(H2,18,19,20)/p+2. The molecular weight excluding hydrogens is 280 g/mol. The molecule has 3 unspecified atom stereocenters. The maximum atomic E-state index is 8.62. The van der Waals surface area contributed by atoms with E-state index in [9.17, 15) is 0 Å². The average molecular weight is 302 g/mol. The Hall–Kier alpha value is -2.05. The summed E-state index contributed by atoms with van der Waals surface area (Å²) in [6.45, 7) is 2.71. The summed E-state index contributed by atoms with van der Waals surface area (Å²) in [7, 11) is 0. The smallest absolute Gasteiger partial charge is 0.220 e. The summed E-state index contributed by atoms with van der Waals surface area (Å²) < 4.78 is 5.69. The molecule has 1 aromatic heterocycles. The highest BCUT2D eigenvalue weighted by atomic mass is 16.5. The first-order valence-electron chi connectivity index (χ1n) is 7.46. The van der Waals surface area contributed by atoms with E-state index in [-0.39, 0.29) is 12.1 Å². The van der Waals surface area contributed by atoms with Gasteiger partial charge in [0.05, 0.1) is 5.69 Å². The van der Waals surface area contributed by atoms with E-state index in [1.165, 1.54) is 0 Å². The van der Waals surface area contributed by atoms with E-state index in [1.54, 1.807) is 12.3 Å². The normalized spacial score (nSPS) is 29.5. The van der Waals surface area contributed by atoms with E-state index in [4.69, 9.17) is 21.0 Å². The van der Waals surface area contributed by atoms with Crippen molar-refractivity contribution in [3.63, 3.8) is 0 Å². The molecule has 22 heavy (non-hydrogen) atoms. The van der Waals surface area contributed by atoms with Crippen LogP contribution in [0.4, 0.5) is 5.95 Å². The van der Waals surface area contributed by atoms with Gasteiger partial charge >= 0.3 is 0 Å². The van der Waals surface area contributed by atoms with Crippen molar-refractivity contribution in [2.24, 2.45) is 5.41 Å². The zero-order valence-corrected chi connectivity index (χ0v) is 12.6. The zero-order valence-electron chi connectivity index (χ0n) is 12.6. The number of allylic oxidation sites excluding steroid dienone is 3. The minimum absolute atomic E-state index is 0.0805. The number of nitrogens with zero attached hydrogens (tertiary/aromatic N) is 2. The Bertz CT molecular complexity index is 649. The van der Waals surface area contributed by atoms with E-state index >= 15 is 0 Å². The van der Waals surface area contributed by atoms with E-state index in [0.717, 1.165) is 30.7 Å². The summed E-state index contributed by atoms with van der Waals surface area (Å²) >= 11 is 0. The number of hydrogen-bond donors (Lipinski definition) is 2. The van der Waals surface area contributed by atoms with Crippen LogP contribution in [-0.2, 0) is 4.74 Å². The second kappa shape index (κ2) is 5.62. The van der Waals surface area contributed by atoms with Gasteiger partial charge in [0.25, 0.3) is 0 Å². The number of aromatic nitrogens is 2. The second-order valence-corrected chi connectivity index (χ2v) is 6.00. The summed E-state index contributed by atoms with van der Waals surface area (Å²) in [5, 5.41) is 14.8. The Labute approximate surface area is 129 Å². The molecule has 0 aromatic carbocycles. The lowest BCUT2D eigenvalue weighted by atomic mass is 9.72. The van der Waals surface area contributed by atoms with Gasteiger partial charge in [-0.05, 0) is 37.5 Å². The highest BCUT2D eigenvalue weighted by Crippen LogP contribution is 2.37. The minimum atomic E-state index is -0.585. The molecule has 6 nitrogen and oxygen atoms in total. The lowest BCUT2D eigenvalue weighted by Gasteiger charge is -2.30. The number of rotatable bonds is 3. The summed E-state index contributed by atoms with van der Waals surface area (Å²) in [6.07, 6.45) is 8.77. The van der Waals surface area contributed by atoms with Crippen LogP contribution in [0.15, 0.2) is 30.5 Å². The predicted molar refractivity (Wildman–Crippen MR) is 85.0 cm³/mol. The molecule has 2 heterocycles. The fourth-order valence-electron chi connectivity index (χ4n) is 3.03. The number of ether oxygens (including phenoxy) is 1. The average Bonchev–Trinajstić information content (AvgIpc) is 3.03. The molecule has 1 aromatic rings. The largest absolute Gasteiger partial charge is 0.440 e. The van der Waals surface area contributed by atoms with Crippen LogP contribution in [0.3, 0.4) is 0 Å². The van der Waals surface area contributed by atoms with Crippen molar-refractivity contribution >= 4 is 17.2 Å². The van der Waals surface area contributed by atoms with Crippen LogP contribution in [0, 0.1) is 5.41 Å². The fourth-order valence-corrected chi connectivity index (χ4v) is 3.03. The molecule has 1 fully saturated rings. The van der Waals surface area contributed by atoms with Gasteiger partial charge in [-0.3, -0.25) is 5.41 Å². The molecule has 0 saturated carbocycles. The Morgan fingerprint density at radius 2 is 2.32 bits per heavy atom. The number of nitrogen functional groups attached to an aromatic ring is 1. The van der Waals surface area contributed by atoms with Crippen molar-refractivity contribution in [1.82, 2.24) is 9.97 Å². The molecule has 0 bridgehead atoms. The minimum Gasteiger partial charge on any atom is -0.440 e. The third kappa shape index (κ3) is 2.55. The van der Waals surface area contributed by atoms with Gasteiger partial charge in [0, 0.05) is 18.9 Å². The first-order valence-corrected chi connectivity index (χ1v) is 7.46. The molecule has 6 heteroatoms. The Balaban J connectivity index is 1.95. The lowest BCUT2D eigenvalue weighted by molar-refractivity contribution is -0.131. The summed E-state index contributed by atoms with van der Waals surface area (Å²) in [4.78, 5) is 8.16. The van der Waals surface area contributed by atoms with Crippen LogP contribution >= 0.6 is 0 Å². The van der Waals surface area contributed by atoms with E-state index in [0.29, 0.717) is 5.71 Å². The molecular formula is C16H22N4O2+2. The Morgan fingerprint density at radius 3 is 3.00 bits per heavy atom. The monoisotopic (exact) mass is 302 g/mol. The van der Waals surface area contributed by atoms with Gasteiger partial charge in [0.15, 0.2) is 11.8 Å². The maximum absolute atomic E-state index is 8.62. The Kier molecular flexibility index (Phi) is 3.80. The van der Waals surface area contributed by atoms with Crippen molar-refractivity contribution in [3.8, 4) is 0 Å². The van der Waals surface area contributed by atoms with Crippen molar-refractivity contribution in [3.05, 3.63) is 36.2 Å². The fraction of sp³-hybridized carbons (Fsp3) is 0.438. The first kappa shape index (κ1) is 14.9. The molecule has 0 spiro atoms. The SMILES string of the molecule is CC1(C([OH2+])C2CCCO2)C=C(c2ccnc(N)n2)C=CC1=[NH2+]. The second-order valence-electron chi connectivity index (χ2n) is 6.00. The topological polar surface area (TPSA) is 110 Å². The van der Waals surface area contributed by atoms with Crippen molar-refractivity contribution in [2.45, 2.75) is 32.0 Å². The molecule has 0 radical (unpaired) electrons. The van der Waals surface area contributed by atoms with Gasteiger partial charge in [0.2, 0.25) is 5.95 Å². The third-order valence-electron chi connectivity index (χ3n) is 4.47. The van der Waals surface area contributed by atoms with Gasteiger partial charge in [-0.25, -0.2) is 9.97 Å². The van der Waals surface area contributed by atoms with E-state index < -0.39 is 11.5 Å². The molecule has 0 amide bonds. The molecule has 1 aliphatic carbocycles. The molecule has 2 aliphatic rings. The van der Waals surface area contributed by atoms with Gasteiger partial charge in [0.1, 0.15) is 11.5 Å². The molecule has 116 valence electrons. The summed E-state index contributed by atoms with van der Waals surface area (Å²) in [5.74, 6) is 0.234. The van der Waals surface area contributed by atoms with Crippen LogP contribution in [-0.4, -0.2) is 39.6 Å². The zero-order chi connectivity index (χ0) is 15.7. The number of anilines is 1. The highest BCUT2D eigenvalue weighted by molar-refractivity contribution is 6.02. The van der Waals surface area contributed by atoms with Crippen molar-refractivity contribution in [2.75, 3.05) is 12.3 Å². The van der Waals surface area contributed by atoms with Gasteiger partial charge < -0.3 is 15.6 Å². The van der Waals surface area contributed by atoms with Crippen LogP contribution in [0.25, 0.3) is 5.57 Å². The number of nitrogens with two attached hydrogens (primary N) is 2. The van der Waals surface area contributed by atoms with Crippen LogP contribution in [0.2, 0.25) is 0 Å². The quantitative estimate of drug-likeness (QED) is 0.733. The molecule has 6 N–H and O–H groups in total. The highest BCUT2D eigenvalue weighted by Gasteiger charge is 2.49. The van der Waals surface area contributed by atoms with E-state index in [1.807, 2.05) is 25.2 Å². The summed E-state index contributed by atoms with van der Waals surface area (Å²) in [6, 6.07) is 1.81. The maximum Gasteiger partial charge on any atom is 0.220 e. The lowest BCUT2D eigenvalue weighted by Crippen LogP contribution is -2.56. The molecule has 3 rings (SSSR count). The van der Waals surface area contributed by atoms with Crippen LogP contribution < -0.4 is 11.1 Å². The van der Waals surface area contributed by atoms with Gasteiger partial charge in [-0.1, -0.05) is 6.08 Å². The molecule has 3 atom stereocenters. The van der Waals surface area contributed by atoms with Gasteiger partial charge in [-0.2, -0.15) is 0 Å². The third-order valence-corrected chi connectivity index (χ3v) is 4.47. The molecule has 1 aliphatic heterocycles. The molecule has 1 saturated heterocycles. The van der Waals surface area contributed by atoms with Crippen LogP contribution in [0.5, 0.6) is 0 Å². The van der Waals surface area contributed by atoms with Crippen molar-refractivity contribution in [1.29, 1.82) is 0 Å². The number of hydrogen-bond acceptors (Lipinski definition) is 4. The summed E-state index contributed by atoms with van der Waals surface area (Å²) in [5.41, 5.74) is 7.39. The van der Waals surface area contributed by atoms with Gasteiger partial charge in [-0.15, -0.1) is 0 Å².